The van der Waals surface area contributed by atoms with Crippen molar-refractivity contribution in [2.45, 2.75) is 51.0 Å². The number of carbonyl (C=O) groups excluding carboxylic acids is 1. The van der Waals surface area contributed by atoms with Crippen molar-refractivity contribution in [1.29, 1.82) is 0 Å². The number of aromatic amines is 1. The van der Waals surface area contributed by atoms with Gasteiger partial charge in [0.1, 0.15) is 0 Å². The highest BCUT2D eigenvalue weighted by Crippen LogP contribution is 2.32. The highest BCUT2D eigenvalue weighted by atomic mass is 16.2. The maximum absolute atomic E-state index is 13.0. The van der Waals surface area contributed by atoms with Gasteiger partial charge in [0.15, 0.2) is 0 Å². The van der Waals surface area contributed by atoms with E-state index in [1.54, 1.807) is 0 Å². The molecule has 0 radical (unpaired) electrons. The van der Waals surface area contributed by atoms with Crippen molar-refractivity contribution in [3.05, 3.63) is 47.9 Å². The van der Waals surface area contributed by atoms with E-state index in [0.29, 0.717) is 11.8 Å². The minimum absolute atomic E-state index is 0.137. The van der Waals surface area contributed by atoms with Gasteiger partial charge in [-0.25, -0.2) is 0 Å². The van der Waals surface area contributed by atoms with Gasteiger partial charge in [0.25, 0.3) is 5.91 Å². The Bertz CT molecular complexity index is 968. The van der Waals surface area contributed by atoms with Gasteiger partial charge in [0.2, 0.25) is 0 Å². The first-order valence-electron chi connectivity index (χ1n) is 10.5. The van der Waals surface area contributed by atoms with Gasteiger partial charge in [-0.3, -0.25) is 9.48 Å². The van der Waals surface area contributed by atoms with E-state index in [2.05, 4.69) is 21.5 Å². The Balaban J connectivity index is 1.24. The highest BCUT2D eigenvalue weighted by Gasteiger charge is 2.26. The zero-order valence-corrected chi connectivity index (χ0v) is 16.2. The minimum Gasteiger partial charge on any atom is -0.361 e. The van der Waals surface area contributed by atoms with Crippen LogP contribution in [0.1, 0.15) is 60.5 Å². The van der Waals surface area contributed by atoms with E-state index in [1.165, 1.54) is 25.7 Å². The molecule has 3 aromatic rings. The summed E-state index contributed by atoms with van der Waals surface area (Å²) in [5, 5.41) is 9.87. The molecule has 1 saturated heterocycles. The summed E-state index contributed by atoms with van der Waals surface area (Å²) in [6, 6.07) is 7.92. The normalized spacial score (nSPS) is 20.9. The summed E-state index contributed by atoms with van der Waals surface area (Å²) in [5.74, 6) is 1.17. The molecule has 2 aromatic heterocycles. The van der Waals surface area contributed by atoms with Gasteiger partial charge in [0, 0.05) is 54.4 Å². The molecule has 0 spiro atoms. The van der Waals surface area contributed by atoms with E-state index in [4.69, 9.17) is 0 Å². The number of aromatic nitrogens is 4. The molecular formula is C22H27N5O. The molecule has 5 rings (SSSR count). The Morgan fingerprint density at radius 1 is 1.14 bits per heavy atom. The van der Waals surface area contributed by atoms with Gasteiger partial charge in [-0.15, -0.1) is 5.10 Å². The molecule has 1 amide bonds. The summed E-state index contributed by atoms with van der Waals surface area (Å²) >= 11 is 0. The number of likely N-dealkylation sites (tertiary alicyclic amines) is 1. The van der Waals surface area contributed by atoms with E-state index >= 15 is 0 Å². The lowest BCUT2D eigenvalue weighted by molar-refractivity contribution is 0.0659. The van der Waals surface area contributed by atoms with Crippen molar-refractivity contribution in [1.82, 2.24) is 24.9 Å². The fourth-order valence-electron chi connectivity index (χ4n) is 4.84. The Labute approximate surface area is 164 Å². The number of rotatable bonds is 4. The number of H-pyrrole nitrogens is 1. The molecule has 1 atom stereocenters. The standard InChI is InChI=1S/C22H27N5O/c28-22(19-7-8-20-18(12-19)9-10-23-20)26-11-3-4-16(13-26)14-27-15-21(24-25-27)17-5-1-2-6-17/h7-10,12,15-17,23H,1-6,11,13-14H2. The van der Waals surface area contributed by atoms with E-state index < -0.39 is 0 Å². The van der Waals surface area contributed by atoms with Crippen LogP contribution in [0.25, 0.3) is 10.9 Å². The summed E-state index contributed by atoms with van der Waals surface area (Å²) in [7, 11) is 0. The third-order valence-electron chi connectivity index (χ3n) is 6.38. The fraction of sp³-hybridized carbons (Fsp3) is 0.500. The van der Waals surface area contributed by atoms with Crippen LogP contribution in [0.3, 0.4) is 0 Å². The number of hydrogen-bond acceptors (Lipinski definition) is 3. The quantitative estimate of drug-likeness (QED) is 0.748. The van der Waals surface area contributed by atoms with E-state index in [0.717, 1.165) is 54.6 Å². The van der Waals surface area contributed by atoms with Gasteiger partial charge in [-0.05, 0) is 55.9 Å². The Hall–Kier alpha value is -2.63. The second-order valence-electron chi connectivity index (χ2n) is 8.39. The monoisotopic (exact) mass is 377 g/mol. The average molecular weight is 377 g/mol. The van der Waals surface area contributed by atoms with Gasteiger partial charge < -0.3 is 9.88 Å². The van der Waals surface area contributed by atoms with Gasteiger partial charge >= 0.3 is 0 Å². The number of benzene rings is 1. The summed E-state index contributed by atoms with van der Waals surface area (Å²) in [5.41, 5.74) is 3.00. The van der Waals surface area contributed by atoms with Gasteiger partial charge in [-0.1, -0.05) is 18.1 Å². The average Bonchev–Trinajstić information content (AvgIpc) is 3.47. The first-order chi connectivity index (χ1) is 13.8. The molecule has 2 aliphatic rings. The summed E-state index contributed by atoms with van der Waals surface area (Å²) in [6.07, 6.45) is 11.3. The molecule has 1 aromatic carbocycles. The third-order valence-corrected chi connectivity index (χ3v) is 6.38. The van der Waals surface area contributed by atoms with Crippen LogP contribution in [-0.2, 0) is 6.54 Å². The lowest BCUT2D eigenvalue weighted by atomic mass is 9.97. The molecule has 1 aliphatic carbocycles. The molecule has 3 heterocycles. The first kappa shape index (κ1) is 17.5. The number of fused-ring (bicyclic) bond motifs is 1. The Kier molecular flexibility index (Phi) is 4.63. The van der Waals surface area contributed by atoms with Crippen molar-refractivity contribution in [2.75, 3.05) is 13.1 Å². The lowest BCUT2D eigenvalue weighted by Crippen LogP contribution is -2.41. The van der Waals surface area contributed by atoms with Crippen LogP contribution in [0.4, 0.5) is 0 Å². The molecule has 0 bridgehead atoms. The predicted molar refractivity (Wildman–Crippen MR) is 108 cm³/mol. The molecule has 1 N–H and O–H groups in total. The largest absolute Gasteiger partial charge is 0.361 e. The summed E-state index contributed by atoms with van der Waals surface area (Å²) < 4.78 is 2.00. The number of nitrogens with zero attached hydrogens (tertiary/aromatic N) is 4. The molecule has 1 saturated carbocycles. The SMILES string of the molecule is O=C(c1ccc2[nH]ccc2c1)N1CCCC(Cn2cc(C3CCCC3)nn2)C1. The van der Waals surface area contributed by atoms with E-state index in [1.807, 2.05) is 40.0 Å². The van der Waals surface area contributed by atoms with Crippen LogP contribution in [0.15, 0.2) is 36.7 Å². The minimum atomic E-state index is 0.137. The van der Waals surface area contributed by atoms with Crippen molar-refractivity contribution in [3.8, 4) is 0 Å². The number of carbonyl (C=O) groups is 1. The maximum atomic E-state index is 13.0. The Morgan fingerprint density at radius 3 is 2.93 bits per heavy atom. The maximum Gasteiger partial charge on any atom is 0.253 e. The number of nitrogens with one attached hydrogen (secondary N) is 1. The molecule has 1 aliphatic heterocycles. The van der Waals surface area contributed by atoms with Crippen LogP contribution < -0.4 is 0 Å². The molecule has 28 heavy (non-hydrogen) atoms. The van der Waals surface area contributed by atoms with Crippen molar-refractivity contribution < 1.29 is 4.79 Å². The second-order valence-corrected chi connectivity index (χ2v) is 8.39. The van der Waals surface area contributed by atoms with Crippen LogP contribution in [0, 0.1) is 5.92 Å². The number of amides is 1. The van der Waals surface area contributed by atoms with Gasteiger partial charge in [-0.2, -0.15) is 0 Å². The summed E-state index contributed by atoms with van der Waals surface area (Å²) in [6.45, 7) is 2.48. The van der Waals surface area contributed by atoms with Crippen molar-refractivity contribution in [3.63, 3.8) is 0 Å². The van der Waals surface area contributed by atoms with Crippen LogP contribution in [-0.4, -0.2) is 43.9 Å². The number of piperidine rings is 1. The third kappa shape index (κ3) is 3.43. The first-order valence-corrected chi connectivity index (χ1v) is 10.5. The molecular weight excluding hydrogens is 350 g/mol. The van der Waals surface area contributed by atoms with E-state index in [9.17, 15) is 4.79 Å². The number of hydrogen-bond donors (Lipinski definition) is 1. The van der Waals surface area contributed by atoms with Crippen LogP contribution in [0.5, 0.6) is 0 Å². The molecule has 1 unspecified atom stereocenters. The zero-order valence-electron chi connectivity index (χ0n) is 16.2. The molecule has 2 fully saturated rings. The van der Waals surface area contributed by atoms with Crippen molar-refractivity contribution in [2.24, 2.45) is 5.92 Å². The topological polar surface area (TPSA) is 66.8 Å². The van der Waals surface area contributed by atoms with E-state index in [-0.39, 0.29) is 5.91 Å². The summed E-state index contributed by atoms with van der Waals surface area (Å²) in [4.78, 5) is 18.2. The van der Waals surface area contributed by atoms with Crippen molar-refractivity contribution >= 4 is 16.8 Å². The Morgan fingerprint density at radius 2 is 2.04 bits per heavy atom. The molecule has 6 heteroatoms. The molecule has 146 valence electrons. The zero-order chi connectivity index (χ0) is 18.9. The fourth-order valence-corrected chi connectivity index (χ4v) is 4.84. The molecule has 6 nitrogen and oxygen atoms in total. The highest BCUT2D eigenvalue weighted by molar-refractivity contribution is 5.98. The van der Waals surface area contributed by atoms with Crippen LogP contribution in [0.2, 0.25) is 0 Å². The van der Waals surface area contributed by atoms with Crippen LogP contribution >= 0.6 is 0 Å². The lowest BCUT2D eigenvalue weighted by Gasteiger charge is -2.32. The van der Waals surface area contributed by atoms with Gasteiger partial charge in [0.05, 0.1) is 5.69 Å². The predicted octanol–water partition coefficient (Wildman–Crippen LogP) is 3.97. The smallest absolute Gasteiger partial charge is 0.253 e. The second kappa shape index (κ2) is 7.41.